The van der Waals surface area contributed by atoms with Crippen LogP contribution in [0.2, 0.25) is 0 Å². The zero-order chi connectivity index (χ0) is 14.9. The Kier molecular flexibility index (Phi) is 4.03. The van der Waals surface area contributed by atoms with Crippen LogP contribution in [0, 0.1) is 0 Å². The molecule has 2 heterocycles. The highest BCUT2D eigenvalue weighted by Crippen LogP contribution is 2.33. The standard InChI is InChI=1S/C13H18N2O5S/c14-8-10-9-15(3-4-18-10)21(16,17)11-1-2-12-13(7-11)20-6-5-19-12/h1-2,7,10H,3-6,8-9,14H2/t10-/m0/s1. The summed E-state index contributed by atoms with van der Waals surface area (Å²) in [4.78, 5) is 0.199. The van der Waals surface area contributed by atoms with Crippen molar-refractivity contribution in [3.63, 3.8) is 0 Å². The molecule has 0 unspecified atom stereocenters. The van der Waals surface area contributed by atoms with Gasteiger partial charge in [0.2, 0.25) is 10.0 Å². The van der Waals surface area contributed by atoms with Gasteiger partial charge in [0.1, 0.15) is 13.2 Å². The molecule has 3 rings (SSSR count). The highest BCUT2D eigenvalue weighted by atomic mass is 32.2. The molecule has 2 N–H and O–H groups in total. The molecule has 0 amide bonds. The van der Waals surface area contributed by atoms with Gasteiger partial charge in [-0.2, -0.15) is 4.31 Å². The summed E-state index contributed by atoms with van der Waals surface area (Å²) in [5.74, 6) is 1.04. The van der Waals surface area contributed by atoms with Crippen LogP contribution in [0.1, 0.15) is 0 Å². The van der Waals surface area contributed by atoms with Crippen molar-refractivity contribution in [2.45, 2.75) is 11.0 Å². The van der Waals surface area contributed by atoms with Crippen molar-refractivity contribution in [2.24, 2.45) is 5.73 Å². The Morgan fingerprint density at radius 1 is 1.19 bits per heavy atom. The number of fused-ring (bicyclic) bond motifs is 1. The lowest BCUT2D eigenvalue weighted by atomic mass is 10.3. The fourth-order valence-electron chi connectivity index (χ4n) is 2.39. The molecule has 8 heteroatoms. The van der Waals surface area contributed by atoms with Crippen LogP contribution in [0.15, 0.2) is 23.1 Å². The zero-order valence-corrected chi connectivity index (χ0v) is 12.3. The Bertz CT molecular complexity index is 619. The van der Waals surface area contributed by atoms with Crippen LogP contribution in [0.4, 0.5) is 0 Å². The largest absolute Gasteiger partial charge is 0.486 e. The fraction of sp³-hybridized carbons (Fsp3) is 0.538. The van der Waals surface area contributed by atoms with E-state index in [-0.39, 0.29) is 17.5 Å². The molecule has 2 aliphatic heterocycles. The van der Waals surface area contributed by atoms with Crippen LogP contribution in [-0.4, -0.2) is 58.3 Å². The van der Waals surface area contributed by atoms with Crippen molar-refractivity contribution in [3.8, 4) is 11.5 Å². The van der Waals surface area contributed by atoms with Crippen LogP contribution in [0.3, 0.4) is 0 Å². The van der Waals surface area contributed by atoms with Gasteiger partial charge < -0.3 is 19.9 Å². The van der Waals surface area contributed by atoms with E-state index in [1.807, 2.05) is 0 Å². The van der Waals surface area contributed by atoms with Crippen LogP contribution >= 0.6 is 0 Å². The van der Waals surface area contributed by atoms with Gasteiger partial charge in [0.15, 0.2) is 11.5 Å². The van der Waals surface area contributed by atoms with E-state index in [2.05, 4.69) is 0 Å². The Hall–Kier alpha value is -1.35. The van der Waals surface area contributed by atoms with Crippen molar-refractivity contribution >= 4 is 10.0 Å². The average molecular weight is 314 g/mol. The first kappa shape index (κ1) is 14.6. The third kappa shape index (κ3) is 2.84. The Morgan fingerprint density at radius 2 is 1.95 bits per heavy atom. The number of sulfonamides is 1. The molecule has 0 spiro atoms. The van der Waals surface area contributed by atoms with Gasteiger partial charge in [0.05, 0.1) is 17.6 Å². The smallest absolute Gasteiger partial charge is 0.243 e. The van der Waals surface area contributed by atoms with E-state index in [1.54, 1.807) is 6.07 Å². The Balaban J connectivity index is 1.87. The number of nitrogens with two attached hydrogens (primary N) is 1. The van der Waals surface area contributed by atoms with Gasteiger partial charge in [-0.1, -0.05) is 0 Å². The molecule has 1 fully saturated rings. The van der Waals surface area contributed by atoms with Crippen LogP contribution in [-0.2, 0) is 14.8 Å². The maximum Gasteiger partial charge on any atom is 0.243 e. The van der Waals surface area contributed by atoms with E-state index in [0.29, 0.717) is 44.4 Å². The molecule has 0 bridgehead atoms. The van der Waals surface area contributed by atoms with Crippen molar-refractivity contribution in [3.05, 3.63) is 18.2 Å². The third-order valence-corrected chi connectivity index (χ3v) is 5.38. The molecule has 2 aliphatic rings. The molecule has 1 aromatic carbocycles. The highest BCUT2D eigenvalue weighted by Gasteiger charge is 2.31. The fourth-order valence-corrected chi connectivity index (χ4v) is 3.86. The summed E-state index contributed by atoms with van der Waals surface area (Å²) in [6, 6.07) is 4.68. The van der Waals surface area contributed by atoms with Gasteiger partial charge >= 0.3 is 0 Å². The first-order valence-corrected chi connectivity index (χ1v) is 8.27. The summed E-state index contributed by atoms with van der Waals surface area (Å²) in [6.45, 7) is 2.14. The van der Waals surface area contributed by atoms with E-state index in [9.17, 15) is 8.42 Å². The predicted molar refractivity (Wildman–Crippen MR) is 75.0 cm³/mol. The third-order valence-electron chi connectivity index (χ3n) is 3.52. The molecular weight excluding hydrogens is 296 g/mol. The molecule has 0 saturated carbocycles. The van der Waals surface area contributed by atoms with E-state index in [4.69, 9.17) is 19.9 Å². The van der Waals surface area contributed by atoms with Gasteiger partial charge in [-0.3, -0.25) is 0 Å². The highest BCUT2D eigenvalue weighted by molar-refractivity contribution is 7.89. The SMILES string of the molecule is NC[C@H]1CN(S(=O)(=O)c2ccc3c(c2)OCCO3)CCO1. The average Bonchev–Trinajstić information content (AvgIpc) is 2.54. The van der Waals surface area contributed by atoms with Crippen molar-refractivity contribution in [1.82, 2.24) is 4.31 Å². The van der Waals surface area contributed by atoms with Crippen LogP contribution in [0.5, 0.6) is 11.5 Å². The Morgan fingerprint density at radius 3 is 2.71 bits per heavy atom. The molecule has 1 aromatic rings. The number of hydrogen-bond acceptors (Lipinski definition) is 6. The second-order valence-corrected chi connectivity index (χ2v) is 6.83. The molecule has 116 valence electrons. The molecule has 1 atom stereocenters. The van der Waals surface area contributed by atoms with Gasteiger partial charge in [-0.15, -0.1) is 0 Å². The lowest BCUT2D eigenvalue weighted by molar-refractivity contribution is 0.00450. The zero-order valence-electron chi connectivity index (χ0n) is 11.5. The summed E-state index contributed by atoms with van der Waals surface area (Å²) in [6.07, 6.45) is -0.259. The maximum absolute atomic E-state index is 12.7. The van der Waals surface area contributed by atoms with Crippen molar-refractivity contribution in [2.75, 3.05) is 39.5 Å². The summed E-state index contributed by atoms with van der Waals surface area (Å²) in [5, 5.41) is 0. The number of rotatable bonds is 3. The molecule has 1 saturated heterocycles. The second-order valence-electron chi connectivity index (χ2n) is 4.90. The summed E-state index contributed by atoms with van der Waals surface area (Å²) < 4.78 is 43.0. The van der Waals surface area contributed by atoms with Gasteiger partial charge in [-0.05, 0) is 12.1 Å². The first-order valence-electron chi connectivity index (χ1n) is 6.83. The van der Waals surface area contributed by atoms with E-state index in [1.165, 1.54) is 16.4 Å². The van der Waals surface area contributed by atoms with E-state index < -0.39 is 10.0 Å². The van der Waals surface area contributed by atoms with E-state index >= 15 is 0 Å². The van der Waals surface area contributed by atoms with Crippen molar-refractivity contribution < 1.29 is 22.6 Å². The normalized spacial score (nSPS) is 23.0. The minimum absolute atomic E-state index is 0.199. The number of morpholine rings is 1. The van der Waals surface area contributed by atoms with Gasteiger partial charge in [0, 0.05) is 25.7 Å². The number of benzene rings is 1. The summed E-state index contributed by atoms with van der Waals surface area (Å²) >= 11 is 0. The summed E-state index contributed by atoms with van der Waals surface area (Å²) in [7, 11) is -3.58. The second kappa shape index (κ2) is 5.80. The molecule has 21 heavy (non-hydrogen) atoms. The minimum Gasteiger partial charge on any atom is -0.486 e. The van der Waals surface area contributed by atoms with Crippen LogP contribution < -0.4 is 15.2 Å². The molecule has 0 aliphatic carbocycles. The lowest BCUT2D eigenvalue weighted by Crippen LogP contribution is -2.48. The first-order chi connectivity index (χ1) is 10.1. The Labute approximate surface area is 123 Å². The number of hydrogen-bond donors (Lipinski definition) is 1. The van der Waals surface area contributed by atoms with Crippen LogP contribution in [0.25, 0.3) is 0 Å². The van der Waals surface area contributed by atoms with Gasteiger partial charge in [0.25, 0.3) is 0 Å². The number of nitrogens with zero attached hydrogens (tertiary/aromatic N) is 1. The predicted octanol–water partition coefficient (Wildman–Crippen LogP) is -0.194. The maximum atomic E-state index is 12.7. The van der Waals surface area contributed by atoms with Gasteiger partial charge in [-0.25, -0.2) is 8.42 Å². The molecule has 0 aromatic heterocycles. The lowest BCUT2D eigenvalue weighted by Gasteiger charge is -2.31. The summed E-state index contributed by atoms with van der Waals surface area (Å²) in [5.41, 5.74) is 5.56. The monoisotopic (exact) mass is 314 g/mol. The quantitative estimate of drug-likeness (QED) is 0.831. The molecular formula is C13H18N2O5S. The minimum atomic E-state index is -3.58. The molecule has 7 nitrogen and oxygen atoms in total. The number of ether oxygens (including phenoxy) is 3. The van der Waals surface area contributed by atoms with Crippen molar-refractivity contribution in [1.29, 1.82) is 0 Å². The molecule has 0 radical (unpaired) electrons. The van der Waals surface area contributed by atoms with E-state index in [0.717, 1.165) is 0 Å². The topological polar surface area (TPSA) is 91.1 Å².